The highest BCUT2D eigenvalue weighted by Crippen LogP contribution is 2.25. The zero-order chi connectivity index (χ0) is 9.84. The second-order valence-electron chi connectivity index (χ2n) is 2.79. The number of nitro benzene ring substituents is 1. The second-order valence-corrected chi connectivity index (χ2v) is 3.65. The first-order valence-corrected chi connectivity index (χ1v) is 4.87. The lowest BCUT2D eigenvalue weighted by Gasteiger charge is -1.99. The molecule has 0 saturated heterocycles. The summed E-state index contributed by atoms with van der Waals surface area (Å²) >= 11 is 3.18. The minimum atomic E-state index is -0.389. The Morgan fingerprint density at radius 3 is 2.69 bits per heavy atom. The largest absolute Gasteiger partial charge is 0.283 e. The van der Waals surface area contributed by atoms with Crippen LogP contribution in [0.5, 0.6) is 0 Å². The van der Waals surface area contributed by atoms with Crippen LogP contribution in [-0.4, -0.2) is 4.92 Å². The molecule has 0 aliphatic carbocycles. The fraction of sp³-hybridized carbons (Fsp3) is 0.333. The number of nitro groups is 1. The van der Waals surface area contributed by atoms with Crippen LogP contribution in [-0.2, 0) is 6.42 Å². The van der Waals surface area contributed by atoms with Gasteiger partial charge in [0.15, 0.2) is 0 Å². The van der Waals surface area contributed by atoms with E-state index >= 15 is 0 Å². The van der Waals surface area contributed by atoms with Crippen molar-refractivity contribution in [2.75, 3.05) is 0 Å². The van der Waals surface area contributed by atoms with Crippen molar-refractivity contribution in [1.82, 2.24) is 0 Å². The van der Waals surface area contributed by atoms with Crippen molar-refractivity contribution in [3.63, 3.8) is 0 Å². The van der Waals surface area contributed by atoms with Gasteiger partial charge in [-0.2, -0.15) is 0 Å². The van der Waals surface area contributed by atoms with Crippen LogP contribution in [0.15, 0.2) is 22.7 Å². The molecule has 1 rings (SSSR count). The molecule has 1 aromatic carbocycles. The van der Waals surface area contributed by atoms with Crippen LogP contribution in [0.2, 0.25) is 0 Å². The van der Waals surface area contributed by atoms with Gasteiger partial charge >= 0.3 is 0 Å². The highest BCUT2D eigenvalue weighted by Gasteiger charge is 2.10. The van der Waals surface area contributed by atoms with E-state index in [1.165, 1.54) is 6.07 Å². The number of hydrogen-bond donors (Lipinski definition) is 0. The SMILES string of the molecule is CCCc1ccc([N+](=O)[O-])c(Br)c1. The van der Waals surface area contributed by atoms with Gasteiger partial charge in [0.1, 0.15) is 0 Å². The lowest BCUT2D eigenvalue weighted by Crippen LogP contribution is -1.91. The van der Waals surface area contributed by atoms with Crippen LogP contribution < -0.4 is 0 Å². The van der Waals surface area contributed by atoms with Crippen LogP contribution in [0, 0.1) is 10.1 Å². The highest BCUT2D eigenvalue weighted by atomic mass is 79.9. The van der Waals surface area contributed by atoms with E-state index in [1.807, 2.05) is 6.07 Å². The molecule has 0 fully saturated rings. The number of nitrogens with zero attached hydrogens (tertiary/aromatic N) is 1. The second kappa shape index (κ2) is 4.37. The molecule has 0 atom stereocenters. The summed E-state index contributed by atoms with van der Waals surface area (Å²) in [6.45, 7) is 2.08. The van der Waals surface area contributed by atoms with Gasteiger partial charge in [0.2, 0.25) is 0 Å². The third-order valence-electron chi connectivity index (χ3n) is 1.75. The number of benzene rings is 1. The molecule has 0 aromatic heterocycles. The van der Waals surface area contributed by atoms with Crippen molar-refractivity contribution in [2.24, 2.45) is 0 Å². The fourth-order valence-electron chi connectivity index (χ4n) is 1.14. The van der Waals surface area contributed by atoms with Crippen LogP contribution in [0.25, 0.3) is 0 Å². The predicted molar refractivity (Wildman–Crippen MR) is 54.8 cm³/mol. The Labute approximate surface area is 85.0 Å². The summed E-state index contributed by atoms with van der Waals surface area (Å²) < 4.78 is 0.559. The molecule has 0 radical (unpaired) electrons. The summed E-state index contributed by atoms with van der Waals surface area (Å²) in [5.74, 6) is 0. The Hall–Kier alpha value is -0.900. The molecule has 70 valence electrons. The van der Waals surface area contributed by atoms with Crippen molar-refractivity contribution in [3.8, 4) is 0 Å². The molecule has 0 aliphatic heterocycles. The Morgan fingerprint density at radius 1 is 1.54 bits per heavy atom. The van der Waals surface area contributed by atoms with Gasteiger partial charge in [0, 0.05) is 6.07 Å². The topological polar surface area (TPSA) is 43.1 Å². The number of halogens is 1. The first-order chi connectivity index (χ1) is 6.15. The summed E-state index contributed by atoms with van der Waals surface area (Å²) in [6, 6.07) is 5.14. The predicted octanol–water partition coefficient (Wildman–Crippen LogP) is 3.31. The van der Waals surface area contributed by atoms with Crippen molar-refractivity contribution >= 4 is 21.6 Å². The van der Waals surface area contributed by atoms with E-state index < -0.39 is 0 Å². The van der Waals surface area contributed by atoms with Crippen LogP contribution >= 0.6 is 15.9 Å². The van der Waals surface area contributed by atoms with Crippen molar-refractivity contribution in [3.05, 3.63) is 38.3 Å². The van der Waals surface area contributed by atoms with E-state index in [2.05, 4.69) is 22.9 Å². The lowest BCUT2D eigenvalue weighted by atomic mass is 10.1. The molecule has 0 aliphatic rings. The molecule has 0 saturated carbocycles. The van der Waals surface area contributed by atoms with Gasteiger partial charge in [0.25, 0.3) is 5.69 Å². The summed E-state index contributed by atoms with van der Waals surface area (Å²) in [6.07, 6.45) is 2.00. The zero-order valence-corrected chi connectivity index (χ0v) is 8.87. The van der Waals surface area contributed by atoms with Gasteiger partial charge in [-0.15, -0.1) is 0 Å². The Kier molecular flexibility index (Phi) is 3.42. The van der Waals surface area contributed by atoms with Gasteiger partial charge in [-0.1, -0.05) is 19.4 Å². The maximum absolute atomic E-state index is 10.5. The van der Waals surface area contributed by atoms with Crippen LogP contribution in [0.4, 0.5) is 5.69 Å². The monoisotopic (exact) mass is 243 g/mol. The quantitative estimate of drug-likeness (QED) is 0.604. The zero-order valence-electron chi connectivity index (χ0n) is 7.29. The van der Waals surface area contributed by atoms with E-state index in [1.54, 1.807) is 6.07 Å². The third-order valence-corrected chi connectivity index (χ3v) is 2.38. The van der Waals surface area contributed by atoms with E-state index in [9.17, 15) is 10.1 Å². The van der Waals surface area contributed by atoms with E-state index in [4.69, 9.17) is 0 Å². The molecule has 0 N–H and O–H groups in total. The standard InChI is InChI=1S/C9H10BrNO2/c1-2-3-7-4-5-9(11(12)13)8(10)6-7/h4-6H,2-3H2,1H3. The van der Waals surface area contributed by atoms with Crippen molar-refractivity contribution in [1.29, 1.82) is 0 Å². The minimum Gasteiger partial charge on any atom is -0.258 e. The Balaban J connectivity index is 2.98. The molecule has 4 heteroatoms. The number of rotatable bonds is 3. The molecular weight excluding hydrogens is 234 g/mol. The third kappa shape index (κ3) is 2.52. The van der Waals surface area contributed by atoms with E-state index in [0.717, 1.165) is 18.4 Å². The fourth-order valence-corrected chi connectivity index (χ4v) is 1.71. The molecule has 0 unspecified atom stereocenters. The molecule has 0 bridgehead atoms. The van der Waals surface area contributed by atoms with Crippen molar-refractivity contribution < 1.29 is 4.92 Å². The Bertz CT molecular complexity index is 325. The van der Waals surface area contributed by atoms with Gasteiger partial charge in [-0.05, 0) is 34.0 Å². The number of aryl methyl sites for hydroxylation is 1. The molecule has 1 aromatic rings. The average molecular weight is 244 g/mol. The van der Waals surface area contributed by atoms with Crippen molar-refractivity contribution in [2.45, 2.75) is 19.8 Å². The van der Waals surface area contributed by atoms with Crippen LogP contribution in [0.1, 0.15) is 18.9 Å². The van der Waals surface area contributed by atoms with Crippen LogP contribution in [0.3, 0.4) is 0 Å². The molecular formula is C9H10BrNO2. The average Bonchev–Trinajstić information content (AvgIpc) is 2.04. The van der Waals surface area contributed by atoms with Gasteiger partial charge in [0.05, 0.1) is 9.40 Å². The van der Waals surface area contributed by atoms with Gasteiger partial charge < -0.3 is 0 Å². The minimum absolute atomic E-state index is 0.125. The maximum atomic E-state index is 10.5. The summed E-state index contributed by atoms with van der Waals surface area (Å²) in [7, 11) is 0. The lowest BCUT2D eigenvalue weighted by molar-refractivity contribution is -0.385. The molecule has 0 heterocycles. The first kappa shape index (κ1) is 10.2. The first-order valence-electron chi connectivity index (χ1n) is 4.08. The molecule has 0 spiro atoms. The van der Waals surface area contributed by atoms with Gasteiger partial charge in [-0.3, -0.25) is 10.1 Å². The summed E-state index contributed by atoms with van der Waals surface area (Å²) in [5, 5.41) is 10.5. The molecule has 0 amide bonds. The normalized spacial score (nSPS) is 10.0. The molecule has 13 heavy (non-hydrogen) atoms. The Morgan fingerprint density at radius 2 is 2.23 bits per heavy atom. The summed E-state index contributed by atoms with van der Waals surface area (Å²) in [4.78, 5) is 10.1. The summed E-state index contributed by atoms with van der Waals surface area (Å²) in [5.41, 5.74) is 1.25. The smallest absolute Gasteiger partial charge is 0.258 e. The van der Waals surface area contributed by atoms with Gasteiger partial charge in [-0.25, -0.2) is 0 Å². The number of hydrogen-bond acceptors (Lipinski definition) is 2. The van der Waals surface area contributed by atoms with E-state index in [0.29, 0.717) is 4.47 Å². The van der Waals surface area contributed by atoms with E-state index in [-0.39, 0.29) is 10.6 Å². The maximum Gasteiger partial charge on any atom is 0.283 e. The molecule has 3 nitrogen and oxygen atoms in total. The highest BCUT2D eigenvalue weighted by molar-refractivity contribution is 9.10.